The van der Waals surface area contributed by atoms with Crippen LogP contribution in [-0.4, -0.2) is 28.2 Å². The van der Waals surface area contributed by atoms with Crippen molar-refractivity contribution in [1.82, 2.24) is 4.98 Å². The van der Waals surface area contributed by atoms with Crippen LogP contribution in [0.2, 0.25) is 0 Å². The van der Waals surface area contributed by atoms with Gasteiger partial charge in [0, 0.05) is 10.7 Å². The van der Waals surface area contributed by atoms with Gasteiger partial charge in [0.05, 0.1) is 16.8 Å². The van der Waals surface area contributed by atoms with Crippen molar-refractivity contribution >= 4 is 45.3 Å². The third kappa shape index (κ3) is 3.43. The highest BCUT2D eigenvalue weighted by molar-refractivity contribution is 9.10. The Hall–Kier alpha value is -1.86. The maximum Gasteiger partial charge on any atom is 0.337 e. The molecule has 0 saturated carbocycles. The smallest absolute Gasteiger partial charge is 0.337 e. The molecule has 0 aliphatic rings. The van der Waals surface area contributed by atoms with Crippen molar-refractivity contribution in [2.24, 2.45) is 0 Å². The molecule has 1 amide bonds. The number of carbonyl (C=O) groups excluding carboxylic acids is 1. The highest BCUT2D eigenvalue weighted by Crippen LogP contribution is 2.28. The van der Waals surface area contributed by atoms with Crippen LogP contribution in [-0.2, 0) is 0 Å². The SMILES string of the molecule is CSc1ncccc1C(=O)Nc1c(Br)cccc1C(=O)O. The molecule has 0 saturated heterocycles. The fourth-order valence-electron chi connectivity index (χ4n) is 1.74. The van der Waals surface area contributed by atoms with Gasteiger partial charge in [0.25, 0.3) is 5.91 Å². The first-order chi connectivity index (χ1) is 10.0. The molecular formula is C14H11BrN2O3S. The predicted molar refractivity (Wildman–Crippen MR) is 85.1 cm³/mol. The summed E-state index contributed by atoms with van der Waals surface area (Å²) in [6, 6.07) is 8.00. The Kier molecular flexibility index (Phi) is 4.98. The summed E-state index contributed by atoms with van der Waals surface area (Å²) in [6.45, 7) is 0. The first-order valence-electron chi connectivity index (χ1n) is 5.86. The molecule has 2 aromatic rings. The first-order valence-corrected chi connectivity index (χ1v) is 7.88. The third-order valence-corrected chi connectivity index (χ3v) is 4.06. The molecule has 0 aliphatic carbocycles. The van der Waals surface area contributed by atoms with E-state index >= 15 is 0 Å². The van der Waals surface area contributed by atoms with Gasteiger partial charge in [-0.2, -0.15) is 0 Å². The maximum absolute atomic E-state index is 12.3. The van der Waals surface area contributed by atoms with Gasteiger partial charge in [0.15, 0.2) is 0 Å². The normalized spacial score (nSPS) is 10.2. The summed E-state index contributed by atoms with van der Waals surface area (Å²) < 4.78 is 0.505. The number of carboxylic acid groups (broad SMARTS) is 1. The van der Waals surface area contributed by atoms with E-state index in [4.69, 9.17) is 0 Å². The molecule has 1 aromatic heterocycles. The molecule has 0 radical (unpaired) electrons. The second-order valence-electron chi connectivity index (χ2n) is 3.98. The lowest BCUT2D eigenvalue weighted by Crippen LogP contribution is -2.16. The molecule has 1 heterocycles. The fraction of sp³-hybridized carbons (Fsp3) is 0.0714. The van der Waals surface area contributed by atoms with E-state index in [1.54, 1.807) is 30.5 Å². The molecule has 0 atom stereocenters. The van der Waals surface area contributed by atoms with Crippen LogP contribution in [0.3, 0.4) is 0 Å². The Bertz CT molecular complexity index is 706. The van der Waals surface area contributed by atoms with E-state index in [2.05, 4.69) is 26.2 Å². The Morgan fingerprint density at radius 2 is 1.95 bits per heavy atom. The van der Waals surface area contributed by atoms with Crippen molar-refractivity contribution in [2.45, 2.75) is 5.03 Å². The number of aromatic carboxylic acids is 1. The molecule has 7 heteroatoms. The minimum Gasteiger partial charge on any atom is -0.478 e. The van der Waals surface area contributed by atoms with Crippen LogP contribution in [0.25, 0.3) is 0 Å². The summed E-state index contributed by atoms with van der Waals surface area (Å²) in [7, 11) is 0. The highest BCUT2D eigenvalue weighted by Gasteiger charge is 2.18. The average molecular weight is 367 g/mol. The summed E-state index contributed by atoms with van der Waals surface area (Å²) >= 11 is 4.60. The standard InChI is InChI=1S/C14H11BrN2O3S/c1-21-13-9(5-3-7-16-13)12(18)17-11-8(14(19)20)4-2-6-10(11)15/h2-7H,1H3,(H,17,18)(H,19,20). The minimum absolute atomic E-state index is 0.0207. The third-order valence-electron chi connectivity index (χ3n) is 2.69. The molecule has 0 spiro atoms. The summed E-state index contributed by atoms with van der Waals surface area (Å²) in [4.78, 5) is 27.7. The molecule has 0 bridgehead atoms. The van der Waals surface area contributed by atoms with Crippen molar-refractivity contribution in [2.75, 3.05) is 11.6 Å². The lowest BCUT2D eigenvalue weighted by atomic mass is 10.1. The van der Waals surface area contributed by atoms with Crippen LogP contribution < -0.4 is 5.32 Å². The molecular weight excluding hydrogens is 356 g/mol. The van der Waals surface area contributed by atoms with Gasteiger partial charge in [-0.05, 0) is 46.5 Å². The average Bonchev–Trinajstić information content (AvgIpc) is 2.48. The van der Waals surface area contributed by atoms with E-state index < -0.39 is 11.9 Å². The summed E-state index contributed by atoms with van der Waals surface area (Å²) in [5.74, 6) is -1.51. The van der Waals surface area contributed by atoms with E-state index in [-0.39, 0.29) is 11.3 Å². The molecule has 108 valence electrons. The van der Waals surface area contributed by atoms with Crippen LogP contribution in [0.5, 0.6) is 0 Å². The van der Waals surface area contributed by atoms with E-state index in [9.17, 15) is 14.7 Å². The number of hydrogen-bond acceptors (Lipinski definition) is 4. The van der Waals surface area contributed by atoms with Gasteiger partial charge in [-0.1, -0.05) is 6.07 Å². The summed E-state index contributed by atoms with van der Waals surface area (Å²) in [5.41, 5.74) is 0.648. The Morgan fingerprint density at radius 1 is 1.24 bits per heavy atom. The number of nitrogens with one attached hydrogen (secondary N) is 1. The number of aromatic nitrogens is 1. The maximum atomic E-state index is 12.3. The number of nitrogens with zero attached hydrogens (tertiary/aromatic N) is 1. The summed E-state index contributed by atoms with van der Waals surface area (Å²) in [6.07, 6.45) is 3.42. The number of halogens is 1. The van der Waals surface area contributed by atoms with Gasteiger partial charge in [0.1, 0.15) is 5.03 Å². The van der Waals surface area contributed by atoms with E-state index in [0.29, 0.717) is 15.1 Å². The molecule has 1 aromatic carbocycles. The molecule has 0 unspecified atom stereocenters. The number of carbonyl (C=O) groups is 2. The second kappa shape index (κ2) is 6.73. The van der Waals surface area contributed by atoms with Crippen LogP contribution >= 0.6 is 27.7 Å². The molecule has 2 N–H and O–H groups in total. The number of para-hydroxylation sites is 1. The number of hydrogen-bond donors (Lipinski definition) is 2. The van der Waals surface area contributed by atoms with Crippen LogP contribution in [0.1, 0.15) is 20.7 Å². The van der Waals surface area contributed by atoms with Gasteiger partial charge < -0.3 is 10.4 Å². The van der Waals surface area contributed by atoms with Gasteiger partial charge in [-0.3, -0.25) is 4.79 Å². The van der Waals surface area contributed by atoms with Crippen LogP contribution in [0.15, 0.2) is 46.0 Å². The number of benzene rings is 1. The van der Waals surface area contributed by atoms with Crippen molar-refractivity contribution in [1.29, 1.82) is 0 Å². The highest BCUT2D eigenvalue weighted by atomic mass is 79.9. The predicted octanol–water partition coefficient (Wildman–Crippen LogP) is 3.52. The number of rotatable bonds is 4. The van der Waals surface area contributed by atoms with Gasteiger partial charge in [-0.25, -0.2) is 9.78 Å². The van der Waals surface area contributed by atoms with Gasteiger partial charge in [-0.15, -0.1) is 11.8 Å². The van der Waals surface area contributed by atoms with E-state index in [0.717, 1.165) is 0 Å². The first kappa shape index (κ1) is 15.5. The van der Waals surface area contributed by atoms with Crippen molar-refractivity contribution in [3.63, 3.8) is 0 Å². The summed E-state index contributed by atoms with van der Waals surface area (Å²) in [5, 5.41) is 12.4. The Balaban J connectivity index is 2.38. The number of pyridine rings is 1. The van der Waals surface area contributed by atoms with E-state index in [1.165, 1.54) is 17.8 Å². The van der Waals surface area contributed by atoms with Crippen molar-refractivity contribution < 1.29 is 14.7 Å². The number of thioether (sulfide) groups is 1. The van der Waals surface area contributed by atoms with Crippen LogP contribution in [0, 0.1) is 0 Å². The lowest BCUT2D eigenvalue weighted by molar-refractivity contribution is 0.0698. The minimum atomic E-state index is -1.11. The van der Waals surface area contributed by atoms with Gasteiger partial charge >= 0.3 is 5.97 Å². The number of anilines is 1. The molecule has 5 nitrogen and oxygen atoms in total. The zero-order chi connectivity index (χ0) is 15.4. The molecule has 2 rings (SSSR count). The second-order valence-corrected chi connectivity index (χ2v) is 5.63. The zero-order valence-corrected chi connectivity index (χ0v) is 13.4. The largest absolute Gasteiger partial charge is 0.478 e. The monoisotopic (exact) mass is 366 g/mol. The molecule has 0 fully saturated rings. The Morgan fingerprint density at radius 3 is 2.62 bits per heavy atom. The van der Waals surface area contributed by atoms with Gasteiger partial charge in [0.2, 0.25) is 0 Å². The quantitative estimate of drug-likeness (QED) is 0.809. The van der Waals surface area contributed by atoms with Crippen molar-refractivity contribution in [3.8, 4) is 0 Å². The van der Waals surface area contributed by atoms with Crippen molar-refractivity contribution in [3.05, 3.63) is 52.1 Å². The molecule has 0 aliphatic heterocycles. The topological polar surface area (TPSA) is 79.3 Å². The zero-order valence-electron chi connectivity index (χ0n) is 11.0. The lowest BCUT2D eigenvalue weighted by Gasteiger charge is -2.11. The molecule has 21 heavy (non-hydrogen) atoms. The number of amides is 1. The fourth-order valence-corrected chi connectivity index (χ4v) is 2.75. The van der Waals surface area contributed by atoms with E-state index in [1.807, 2.05) is 6.26 Å². The number of carboxylic acids is 1. The van der Waals surface area contributed by atoms with Crippen LogP contribution in [0.4, 0.5) is 5.69 Å². The Labute approximate surface area is 133 Å².